The molecule has 0 saturated heterocycles. The van der Waals surface area contributed by atoms with Gasteiger partial charge < -0.3 is 12.6 Å². The van der Waals surface area contributed by atoms with Gasteiger partial charge in [-0.15, -0.1) is 0 Å². The third kappa shape index (κ3) is 6.49. The molecule has 0 N–H and O–H groups in total. The minimum absolute atomic E-state index is 0. The van der Waals surface area contributed by atoms with Crippen LogP contribution in [0.5, 0.6) is 0 Å². The Labute approximate surface area is 201 Å². The molecule has 0 aromatic heterocycles. The van der Waals surface area contributed by atoms with Gasteiger partial charge in [-0.25, -0.2) is 17.6 Å². The molecule has 0 spiro atoms. The average molecular weight is 641 g/mol. The van der Waals surface area contributed by atoms with Crippen LogP contribution in [0.2, 0.25) is 0 Å². The van der Waals surface area contributed by atoms with Crippen LogP contribution in [0, 0.1) is 23.3 Å². The van der Waals surface area contributed by atoms with Crippen molar-refractivity contribution in [1.29, 1.82) is 0 Å². The molecule has 0 nitrogen and oxygen atoms in total. The maximum absolute atomic E-state index is 12.3. The van der Waals surface area contributed by atoms with Crippen LogP contribution >= 0.6 is 7.92 Å². The normalized spacial score (nSPS) is 10.1. The monoisotopic (exact) mass is 641 g/mol. The fraction of sp³-hybridized carbons (Fsp3) is 0. The molecule has 7 heteroatoms. The molecule has 0 aliphatic heterocycles. The molecular weight excluding hydrogens is 624 g/mol. The Morgan fingerprint density at radius 1 is 0.516 bits per heavy atom. The second kappa shape index (κ2) is 12.1. The van der Waals surface area contributed by atoms with Crippen LogP contribution in [-0.2, 0) is 35.0 Å². The molecule has 4 aromatic carbocycles. The number of halogens is 4. The van der Waals surface area contributed by atoms with E-state index >= 15 is 0 Å². The van der Waals surface area contributed by atoms with Gasteiger partial charge in [0.2, 0.25) is 0 Å². The van der Waals surface area contributed by atoms with E-state index in [1.165, 1.54) is 15.9 Å². The van der Waals surface area contributed by atoms with E-state index in [0.717, 1.165) is 0 Å². The largest absolute Gasteiger partial charge is 1.00 e. The van der Waals surface area contributed by atoms with Crippen LogP contribution in [0.15, 0.2) is 102 Å². The van der Waals surface area contributed by atoms with Crippen LogP contribution in [0.4, 0.5) is 17.6 Å². The fourth-order valence-corrected chi connectivity index (χ4v) is 5.64. The van der Waals surface area contributed by atoms with Crippen molar-refractivity contribution >= 4 is 36.5 Å². The van der Waals surface area contributed by atoms with Gasteiger partial charge in [0.25, 0.3) is 0 Å². The molecule has 0 amide bonds. The Kier molecular flexibility index (Phi) is 9.89. The molecule has 162 valence electrons. The number of benzene rings is 4. The van der Waals surface area contributed by atoms with Gasteiger partial charge in [0, 0.05) is 6.07 Å². The first-order valence-corrected chi connectivity index (χ1v) is 10.9. The SMILES string of the molecule is Fc1cc(F)c(F)c([S-])c1F.[Au+].c1ccc([PH+](c2ccccc2)c2ccccc2)cc1. The minimum Gasteiger partial charge on any atom is -0.774 e. The molecule has 4 rings (SSSR count). The van der Waals surface area contributed by atoms with Gasteiger partial charge in [-0.2, -0.15) is 0 Å². The maximum atomic E-state index is 12.3. The Morgan fingerprint density at radius 3 is 1.10 bits per heavy atom. The summed E-state index contributed by atoms with van der Waals surface area (Å²) in [5, 5.41) is 4.31. The predicted octanol–water partition coefficient (Wildman–Crippen LogP) is 5.32. The van der Waals surface area contributed by atoms with Gasteiger partial charge in [0.05, 0.1) is 7.92 Å². The summed E-state index contributed by atoms with van der Waals surface area (Å²) < 4.78 is 48.9. The van der Waals surface area contributed by atoms with Gasteiger partial charge >= 0.3 is 22.4 Å². The van der Waals surface area contributed by atoms with Crippen molar-refractivity contribution in [3.05, 3.63) is 120 Å². The Morgan fingerprint density at radius 2 is 0.806 bits per heavy atom. The zero-order valence-corrected chi connectivity index (χ0v) is 19.9. The van der Waals surface area contributed by atoms with E-state index in [1.807, 2.05) is 0 Å². The first kappa shape index (κ1) is 25.3. The zero-order chi connectivity index (χ0) is 21.5. The van der Waals surface area contributed by atoms with E-state index < -0.39 is 36.1 Å². The smallest absolute Gasteiger partial charge is 0.774 e. The van der Waals surface area contributed by atoms with E-state index in [2.05, 4.69) is 104 Å². The quantitative estimate of drug-likeness (QED) is 0.0960. The van der Waals surface area contributed by atoms with E-state index in [-0.39, 0.29) is 28.4 Å². The van der Waals surface area contributed by atoms with Crippen molar-refractivity contribution in [2.45, 2.75) is 4.90 Å². The molecule has 0 unspecified atom stereocenters. The molecule has 4 aromatic rings. The summed E-state index contributed by atoms with van der Waals surface area (Å²) in [6, 6.07) is 32.6. The van der Waals surface area contributed by atoms with Crippen LogP contribution in [0.25, 0.3) is 0 Å². The summed E-state index contributed by atoms with van der Waals surface area (Å²) in [7, 11) is -0.877. The summed E-state index contributed by atoms with van der Waals surface area (Å²) in [5.41, 5.74) is 0. The van der Waals surface area contributed by atoms with Crippen molar-refractivity contribution in [3.8, 4) is 0 Å². The maximum Gasteiger partial charge on any atom is 1.00 e. The van der Waals surface area contributed by atoms with Crippen LogP contribution in [0.3, 0.4) is 0 Å². The van der Waals surface area contributed by atoms with Crippen LogP contribution in [0.1, 0.15) is 0 Å². The molecule has 31 heavy (non-hydrogen) atoms. The molecule has 0 aliphatic rings. The summed E-state index contributed by atoms with van der Waals surface area (Å²) in [6.07, 6.45) is 0. The first-order chi connectivity index (χ1) is 14.5. The second-order valence-corrected chi connectivity index (χ2v) is 9.16. The second-order valence-electron chi connectivity index (χ2n) is 6.27. The Bertz CT molecular complexity index is 977. The zero-order valence-electron chi connectivity index (χ0n) is 16.0. The standard InChI is InChI=1S/C18H15P.C6H2F4S.Au/c1-4-10-16(11-5-1)19(17-12-6-2-7-13-17)18-14-8-3-9-15-18;7-2-1-3(8)5(10)6(11)4(2)9;/h1-15H;1,11H;/q;;+1. The molecule has 0 radical (unpaired) electrons. The molecule has 0 fully saturated rings. The summed E-state index contributed by atoms with van der Waals surface area (Å²) in [6.45, 7) is 0. The van der Waals surface area contributed by atoms with Crippen LogP contribution < -0.4 is 15.9 Å². The number of rotatable bonds is 3. The van der Waals surface area contributed by atoms with Crippen molar-refractivity contribution in [2.75, 3.05) is 0 Å². The van der Waals surface area contributed by atoms with E-state index in [1.54, 1.807) is 0 Å². The van der Waals surface area contributed by atoms with Crippen molar-refractivity contribution in [1.82, 2.24) is 0 Å². The first-order valence-electron chi connectivity index (χ1n) is 9.02. The fourth-order valence-electron chi connectivity index (χ4n) is 2.87. The molecule has 0 aliphatic carbocycles. The molecule has 0 saturated carbocycles. The van der Waals surface area contributed by atoms with Gasteiger partial charge in [0.1, 0.15) is 27.5 Å². The summed E-state index contributed by atoms with van der Waals surface area (Å²) >= 11 is 4.04. The van der Waals surface area contributed by atoms with Gasteiger partial charge in [0.15, 0.2) is 11.6 Å². The van der Waals surface area contributed by atoms with Crippen molar-refractivity contribution in [2.24, 2.45) is 0 Å². The molecular formula is C24H17AuF4PS+. The number of hydrogen-bond acceptors (Lipinski definition) is 1. The third-order valence-corrected chi connectivity index (χ3v) is 7.35. The van der Waals surface area contributed by atoms with E-state index in [9.17, 15) is 17.6 Å². The summed E-state index contributed by atoms with van der Waals surface area (Å²) in [5.74, 6) is -6.01. The molecule has 0 heterocycles. The van der Waals surface area contributed by atoms with E-state index in [0.29, 0.717) is 0 Å². The van der Waals surface area contributed by atoms with Crippen molar-refractivity contribution in [3.63, 3.8) is 0 Å². The Balaban J connectivity index is 0.000000245. The topological polar surface area (TPSA) is 0 Å². The van der Waals surface area contributed by atoms with Gasteiger partial charge in [-0.05, 0) is 36.4 Å². The summed E-state index contributed by atoms with van der Waals surface area (Å²) in [4.78, 5) is -1.05. The van der Waals surface area contributed by atoms with Gasteiger partial charge in [-0.3, -0.25) is 0 Å². The average Bonchev–Trinajstić information content (AvgIpc) is 2.79. The molecule has 0 bridgehead atoms. The predicted molar refractivity (Wildman–Crippen MR) is 118 cm³/mol. The van der Waals surface area contributed by atoms with Gasteiger partial charge in [-0.1, -0.05) is 59.5 Å². The van der Waals surface area contributed by atoms with E-state index in [4.69, 9.17) is 0 Å². The third-order valence-electron chi connectivity index (χ3n) is 4.26. The number of hydrogen-bond donors (Lipinski definition) is 0. The minimum atomic E-state index is -1.53. The molecule has 0 atom stereocenters. The van der Waals surface area contributed by atoms with Crippen molar-refractivity contribution < 1.29 is 39.9 Å². The Hall–Kier alpha value is -2.01. The van der Waals surface area contributed by atoms with Crippen LogP contribution in [-0.4, -0.2) is 0 Å².